The van der Waals surface area contributed by atoms with Gasteiger partial charge in [-0.1, -0.05) is 26.0 Å². The molecule has 0 aliphatic rings. The second kappa shape index (κ2) is 8.88. The van der Waals surface area contributed by atoms with E-state index in [1.807, 2.05) is 52.0 Å². The van der Waals surface area contributed by atoms with Gasteiger partial charge in [-0.25, -0.2) is 0 Å². The van der Waals surface area contributed by atoms with Crippen molar-refractivity contribution in [3.63, 3.8) is 0 Å². The number of thioether (sulfide) groups is 1. The van der Waals surface area contributed by atoms with Crippen molar-refractivity contribution in [3.8, 4) is 0 Å². The SMILES string of the molecule is CCCC(=O)c1ccc(SC(CC)C(=O)OC(C)C)cc1. The van der Waals surface area contributed by atoms with Crippen molar-refractivity contribution in [1.82, 2.24) is 0 Å². The average Bonchev–Trinajstić information content (AvgIpc) is 2.44. The summed E-state index contributed by atoms with van der Waals surface area (Å²) in [6.45, 7) is 7.67. The predicted molar refractivity (Wildman–Crippen MR) is 86.8 cm³/mol. The summed E-state index contributed by atoms with van der Waals surface area (Å²) in [5, 5.41) is -0.204. The van der Waals surface area contributed by atoms with Crippen LogP contribution < -0.4 is 0 Å². The summed E-state index contributed by atoms with van der Waals surface area (Å²) >= 11 is 1.49. The number of carbonyl (C=O) groups is 2. The molecule has 0 spiro atoms. The van der Waals surface area contributed by atoms with Crippen molar-refractivity contribution in [2.75, 3.05) is 0 Å². The van der Waals surface area contributed by atoms with Gasteiger partial charge in [0, 0.05) is 16.9 Å². The second-order valence-electron chi connectivity index (χ2n) is 5.20. The molecule has 0 radical (unpaired) electrons. The lowest BCUT2D eigenvalue weighted by molar-refractivity contribution is -0.146. The zero-order valence-electron chi connectivity index (χ0n) is 13.2. The molecule has 3 nitrogen and oxygen atoms in total. The maximum Gasteiger partial charge on any atom is 0.319 e. The first kappa shape index (κ1) is 17.8. The molecule has 0 amide bonds. The number of ketones is 1. The van der Waals surface area contributed by atoms with E-state index < -0.39 is 0 Å². The van der Waals surface area contributed by atoms with Gasteiger partial charge >= 0.3 is 5.97 Å². The van der Waals surface area contributed by atoms with Crippen molar-refractivity contribution in [3.05, 3.63) is 29.8 Å². The number of Topliss-reactive ketones (excluding diaryl/α,β-unsaturated/α-hetero) is 1. The quantitative estimate of drug-likeness (QED) is 0.403. The van der Waals surface area contributed by atoms with Crippen molar-refractivity contribution in [2.45, 2.75) is 63.2 Å². The molecule has 1 aromatic carbocycles. The fourth-order valence-electron chi connectivity index (χ4n) is 1.86. The minimum absolute atomic E-state index is 0.0961. The highest BCUT2D eigenvalue weighted by Gasteiger charge is 2.20. The van der Waals surface area contributed by atoms with Gasteiger partial charge in [0.1, 0.15) is 5.25 Å². The number of esters is 1. The van der Waals surface area contributed by atoms with Gasteiger partial charge < -0.3 is 4.74 Å². The van der Waals surface area contributed by atoms with Crippen LogP contribution in [0.15, 0.2) is 29.2 Å². The zero-order valence-corrected chi connectivity index (χ0v) is 14.0. The number of hydrogen-bond donors (Lipinski definition) is 0. The minimum Gasteiger partial charge on any atom is -0.462 e. The molecule has 21 heavy (non-hydrogen) atoms. The number of hydrogen-bond acceptors (Lipinski definition) is 4. The Morgan fingerprint density at radius 2 is 1.76 bits per heavy atom. The topological polar surface area (TPSA) is 43.4 Å². The molecule has 1 atom stereocenters. The summed E-state index contributed by atoms with van der Waals surface area (Å²) in [5.74, 6) is -0.0102. The summed E-state index contributed by atoms with van der Waals surface area (Å²) < 4.78 is 5.26. The number of carbonyl (C=O) groups excluding carboxylic acids is 2. The summed E-state index contributed by atoms with van der Waals surface area (Å²) in [7, 11) is 0. The Morgan fingerprint density at radius 3 is 2.24 bits per heavy atom. The summed E-state index contributed by atoms with van der Waals surface area (Å²) in [6.07, 6.45) is 2.05. The molecule has 4 heteroatoms. The van der Waals surface area contributed by atoms with Gasteiger partial charge in [-0.15, -0.1) is 11.8 Å². The zero-order chi connectivity index (χ0) is 15.8. The van der Waals surface area contributed by atoms with Crippen LogP contribution in [0.5, 0.6) is 0 Å². The van der Waals surface area contributed by atoms with E-state index in [0.717, 1.165) is 16.9 Å². The molecule has 0 aliphatic carbocycles. The minimum atomic E-state index is -0.204. The third kappa shape index (κ3) is 5.92. The van der Waals surface area contributed by atoms with Crippen molar-refractivity contribution < 1.29 is 14.3 Å². The molecule has 0 aliphatic heterocycles. The van der Waals surface area contributed by atoms with Crippen LogP contribution in [-0.4, -0.2) is 23.1 Å². The summed E-state index contributed by atoms with van der Waals surface area (Å²) in [6, 6.07) is 7.47. The lowest BCUT2D eigenvalue weighted by Crippen LogP contribution is -2.22. The van der Waals surface area contributed by atoms with Gasteiger partial charge in [-0.05, 0) is 38.8 Å². The van der Waals surface area contributed by atoms with Crippen LogP contribution in [0, 0.1) is 0 Å². The van der Waals surface area contributed by atoms with Gasteiger partial charge in [-0.2, -0.15) is 0 Å². The van der Waals surface area contributed by atoms with E-state index in [9.17, 15) is 9.59 Å². The molecule has 0 N–H and O–H groups in total. The predicted octanol–water partition coefficient (Wildman–Crippen LogP) is 4.49. The van der Waals surface area contributed by atoms with E-state index >= 15 is 0 Å². The first-order valence-corrected chi connectivity index (χ1v) is 8.36. The van der Waals surface area contributed by atoms with Crippen LogP contribution in [0.1, 0.15) is 57.3 Å². The monoisotopic (exact) mass is 308 g/mol. The van der Waals surface area contributed by atoms with E-state index in [2.05, 4.69) is 0 Å². The maximum absolute atomic E-state index is 12.0. The number of benzene rings is 1. The maximum atomic E-state index is 12.0. The van der Waals surface area contributed by atoms with Crippen LogP contribution in [-0.2, 0) is 9.53 Å². The third-order valence-corrected chi connectivity index (χ3v) is 4.27. The molecule has 1 rings (SSSR count). The Balaban J connectivity index is 2.69. The molecule has 0 heterocycles. The van der Waals surface area contributed by atoms with Crippen molar-refractivity contribution in [2.24, 2.45) is 0 Å². The summed E-state index contributed by atoms with van der Waals surface area (Å²) in [5.41, 5.74) is 0.735. The Hall–Kier alpha value is -1.29. The molecular weight excluding hydrogens is 284 g/mol. The van der Waals surface area contributed by atoms with Crippen LogP contribution >= 0.6 is 11.8 Å². The highest BCUT2D eigenvalue weighted by atomic mass is 32.2. The van der Waals surface area contributed by atoms with Gasteiger partial charge in [0.2, 0.25) is 0 Å². The highest BCUT2D eigenvalue weighted by Crippen LogP contribution is 2.27. The van der Waals surface area contributed by atoms with Crippen LogP contribution in [0.2, 0.25) is 0 Å². The molecule has 0 saturated heterocycles. The van der Waals surface area contributed by atoms with Crippen LogP contribution in [0.25, 0.3) is 0 Å². The van der Waals surface area contributed by atoms with E-state index in [4.69, 9.17) is 4.74 Å². The first-order valence-electron chi connectivity index (χ1n) is 7.48. The Bertz CT molecular complexity index is 465. The molecule has 1 aromatic rings. The number of ether oxygens (including phenoxy) is 1. The van der Waals surface area contributed by atoms with Crippen molar-refractivity contribution >= 4 is 23.5 Å². The van der Waals surface area contributed by atoms with E-state index in [1.54, 1.807) is 0 Å². The van der Waals surface area contributed by atoms with Gasteiger partial charge in [0.25, 0.3) is 0 Å². The van der Waals surface area contributed by atoms with Crippen LogP contribution in [0.3, 0.4) is 0 Å². The molecule has 0 fully saturated rings. The molecular formula is C17H24O3S. The summed E-state index contributed by atoms with van der Waals surface area (Å²) in [4.78, 5) is 24.7. The second-order valence-corrected chi connectivity index (χ2v) is 6.47. The standard InChI is InChI=1S/C17H24O3S/c1-5-7-15(18)13-8-10-14(11-9-13)21-16(6-2)17(19)20-12(3)4/h8-12,16H,5-7H2,1-4H3. The smallest absolute Gasteiger partial charge is 0.319 e. The highest BCUT2D eigenvalue weighted by molar-refractivity contribution is 8.00. The molecule has 116 valence electrons. The lowest BCUT2D eigenvalue weighted by Gasteiger charge is -2.16. The fourth-order valence-corrected chi connectivity index (χ4v) is 2.80. The molecule has 0 aromatic heterocycles. The van der Waals surface area contributed by atoms with E-state index in [0.29, 0.717) is 12.8 Å². The lowest BCUT2D eigenvalue weighted by atomic mass is 10.1. The van der Waals surface area contributed by atoms with Gasteiger partial charge in [0.05, 0.1) is 6.10 Å². The molecule has 0 bridgehead atoms. The van der Waals surface area contributed by atoms with E-state index in [1.165, 1.54) is 11.8 Å². The Labute approximate surface area is 131 Å². The largest absolute Gasteiger partial charge is 0.462 e. The number of rotatable bonds is 8. The van der Waals surface area contributed by atoms with Gasteiger partial charge in [0.15, 0.2) is 5.78 Å². The third-order valence-electron chi connectivity index (χ3n) is 2.92. The average molecular weight is 308 g/mol. The van der Waals surface area contributed by atoms with Gasteiger partial charge in [-0.3, -0.25) is 9.59 Å². The fraction of sp³-hybridized carbons (Fsp3) is 0.529. The molecule has 1 unspecified atom stereocenters. The first-order chi connectivity index (χ1) is 9.97. The van der Waals surface area contributed by atoms with Crippen LogP contribution in [0.4, 0.5) is 0 Å². The van der Waals surface area contributed by atoms with E-state index in [-0.39, 0.29) is 23.1 Å². The Morgan fingerprint density at radius 1 is 1.14 bits per heavy atom. The Kier molecular flexibility index (Phi) is 7.51. The normalized spacial score (nSPS) is 12.2. The van der Waals surface area contributed by atoms with Crippen molar-refractivity contribution in [1.29, 1.82) is 0 Å². The molecule has 0 saturated carbocycles.